The third-order valence-corrected chi connectivity index (χ3v) is 3.97. The quantitative estimate of drug-likeness (QED) is 0.247. The zero-order valence-electron chi connectivity index (χ0n) is 15.2. The molecule has 0 fully saturated rings. The van der Waals surface area contributed by atoms with Crippen LogP contribution < -0.4 is 10.6 Å². The van der Waals surface area contributed by atoms with E-state index in [1.165, 1.54) is 5.56 Å². The second-order valence-electron chi connectivity index (χ2n) is 6.15. The Kier molecular flexibility index (Phi) is 12.5. The number of unbranched alkanes of at least 4 members (excludes halogenated alkanes) is 1. The predicted octanol–water partition coefficient (Wildman–Crippen LogP) is 4.22. The number of nitrogens with zero attached hydrogens (tertiary/aromatic N) is 1. The molecule has 0 spiro atoms. The van der Waals surface area contributed by atoms with Crippen molar-refractivity contribution in [2.24, 2.45) is 4.99 Å². The molecule has 0 saturated carbocycles. The highest BCUT2D eigenvalue weighted by Crippen LogP contribution is 2.24. The maximum Gasteiger partial charge on any atom is 0.191 e. The summed E-state index contributed by atoms with van der Waals surface area (Å²) in [6.45, 7) is 9.70. The highest BCUT2D eigenvalue weighted by Gasteiger charge is 2.21. The molecule has 0 bridgehead atoms. The van der Waals surface area contributed by atoms with Crippen LogP contribution in [0.1, 0.15) is 39.2 Å². The minimum atomic E-state index is -0.0303. The first-order valence-electron chi connectivity index (χ1n) is 8.28. The van der Waals surface area contributed by atoms with Gasteiger partial charge in [-0.3, -0.25) is 4.99 Å². The molecule has 1 aromatic rings. The minimum Gasteiger partial charge on any atom is -0.382 e. The summed E-state index contributed by atoms with van der Waals surface area (Å²) in [7, 11) is 1.79. The van der Waals surface area contributed by atoms with Crippen LogP contribution in [0, 0.1) is 0 Å². The summed E-state index contributed by atoms with van der Waals surface area (Å²) in [6.07, 6.45) is 2.13. The Morgan fingerprint density at radius 2 is 2.00 bits per heavy atom. The van der Waals surface area contributed by atoms with Gasteiger partial charge in [0.05, 0.1) is 0 Å². The zero-order chi connectivity index (χ0) is 17.1. The molecule has 1 aromatic carbocycles. The van der Waals surface area contributed by atoms with Crippen LogP contribution in [0.25, 0.3) is 0 Å². The highest BCUT2D eigenvalue weighted by molar-refractivity contribution is 14.0. The van der Waals surface area contributed by atoms with Crippen LogP contribution in [0.3, 0.4) is 0 Å². The van der Waals surface area contributed by atoms with E-state index in [4.69, 9.17) is 16.3 Å². The summed E-state index contributed by atoms with van der Waals surface area (Å²) in [6, 6.07) is 8.02. The first-order chi connectivity index (χ1) is 11.0. The fourth-order valence-electron chi connectivity index (χ4n) is 2.22. The maximum absolute atomic E-state index is 6.09. The lowest BCUT2D eigenvalue weighted by Crippen LogP contribution is -2.43. The van der Waals surface area contributed by atoms with Crippen molar-refractivity contribution >= 4 is 41.5 Å². The average molecular weight is 468 g/mol. The Balaban J connectivity index is 0.00000529. The summed E-state index contributed by atoms with van der Waals surface area (Å²) >= 11 is 6.09. The molecule has 0 amide bonds. The molecule has 1 rings (SSSR count). The van der Waals surface area contributed by atoms with Gasteiger partial charge in [-0.25, -0.2) is 0 Å². The van der Waals surface area contributed by atoms with E-state index in [1.54, 1.807) is 7.05 Å². The number of hydrogen-bond acceptors (Lipinski definition) is 2. The van der Waals surface area contributed by atoms with Gasteiger partial charge in [-0.15, -0.1) is 24.0 Å². The lowest BCUT2D eigenvalue weighted by atomic mass is 9.84. The van der Waals surface area contributed by atoms with Crippen LogP contribution in [0.15, 0.2) is 29.3 Å². The predicted molar refractivity (Wildman–Crippen MR) is 115 cm³/mol. The van der Waals surface area contributed by atoms with Gasteiger partial charge >= 0.3 is 0 Å². The van der Waals surface area contributed by atoms with Crippen molar-refractivity contribution in [3.8, 4) is 0 Å². The Morgan fingerprint density at radius 3 is 2.62 bits per heavy atom. The third-order valence-electron chi connectivity index (χ3n) is 3.74. The fourth-order valence-corrected chi connectivity index (χ4v) is 2.41. The SMILES string of the molecule is CCOCCCCNC(=NC)NCC(C)(C)c1cccc(Cl)c1.I. The van der Waals surface area contributed by atoms with Crippen LogP contribution in [0.4, 0.5) is 0 Å². The molecule has 0 aliphatic rings. The van der Waals surface area contributed by atoms with Gasteiger partial charge in [0.1, 0.15) is 0 Å². The molecule has 138 valence electrons. The molecule has 0 saturated heterocycles. The Hall–Kier alpha value is -0.530. The summed E-state index contributed by atoms with van der Waals surface area (Å²) in [4.78, 5) is 4.27. The van der Waals surface area contributed by atoms with Gasteiger partial charge in [0.15, 0.2) is 5.96 Å². The summed E-state index contributed by atoms with van der Waals surface area (Å²) in [5.74, 6) is 0.830. The second-order valence-corrected chi connectivity index (χ2v) is 6.59. The zero-order valence-corrected chi connectivity index (χ0v) is 18.3. The van der Waals surface area contributed by atoms with Crippen molar-refractivity contribution in [3.63, 3.8) is 0 Å². The first-order valence-corrected chi connectivity index (χ1v) is 8.65. The van der Waals surface area contributed by atoms with E-state index in [2.05, 4.69) is 35.5 Å². The lowest BCUT2D eigenvalue weighted by Gasteiger charge is -2.27. The average Bonchev–Trinajstić information content (AvgIpc) is 2.53. The van der Waals surface area contributed by atoms with Crippen molar-refractivity contribution in [2.45, 2.75) is 39.0 Å². The van der Waals surface area contributed by atoms with E-state index < -0.39 is 0 Å². The smallest absolute Gasteiger partial charge is 0.191 e. The number of aliphatic imine (C=N–C) groups is 1. The topological polar surface area (TPSA) is 45.6 Å². The normalized spacial score (nSPS) is 11.8. The number of ether oxygens (including phenoxy) is 1. The molecular formula is C18H31ClIN3O. The third kappa shape index (κ3) is 9.08. The van der Waals surface area contributed by atoms with E-state index in [-0.39, 0.29) is 29.4 Å². The molecule has 0 radical (unpaired) electrons. The van der Waals surface area contributed by atoms with Gasteiger partial charge < -0.3 is 15.4 Å². The van der Waals surface area contributed by atoms with Crippen LogP contribution in [0.2, 0.25) is 5.02 Å². The second kappa shape index (κ2) is 12.8. The van der Waals surface area contributed by atoms with Gasteiger partial charge in [0.25, 0.3) is 0 Å². The molecule has 0 aromatic heterocycles. The van der Waals surface area contributed by atoms with Crippen LogP contribution in [0.5, 0.6) is 0 Å². The molecule has 0 unspecified atom stereocenters. The molecule has 4 nitrogen and oxygen atoms in total. The molecule has 2 N–H and O–H groups in total. The Morgan fingerprint density at radius 1 is 1.25 bits per heavy atom. The molecular weight excluding hydrogens is 437 g/mol. The van der Waals surface area contributed by atoms with E-state index in [0.717, 1.165) is 50.1 Å². The molecule has 24 heavy (non-hydrogen) atoms. The van der Waals surface area contributed by atoms with Crippen molar-refractivity contribution < 1.29 is 4.74 Å². The van der Waals surface area contributed by atoms with E-state index in [0.29, 0.717) is 0 Å². The van der Waals surface area contributed by atoms with E-state index in [1.807, 2.05) is 25.1 Å². The Labute approximate surface area is 168 Å². The van der Waals surface area contributed by atoms with E-state index >= 15 is 0 Å². The monoisotopic (exact) mass is 467 g/mol. The van der Waals surface area contributed by atoms with Gasteiger partial charge in [-0.2, -0.15) is 0 Å². The summed E-state index contributed by atoms with van der Waals surface area (Å²) in [5.41, 5.74) is 1.18. The van der Waals surface area contributed by atoms with Crippen molar-refractivity contribution in [1.29, 1.82) is 0 Å². The Bertz CT molecular complexity index is 495. The van der Waals surface area contributed by atoms with Crippen molar-refractivity contribution in [3.05, 3.63) is 34.9 Å². The number of guanidine groups is 1. The molecule has 0 atom stereocenters. The maximum atomic E-state index is 6.09. The molecule has 0 heterocycles. The highest BCUT2D eigenvalue weighted by atomic mass is 127. The lowest BCUT2D eigenvalue weighted by molar-refractivity contribution is 0.143. The largest absolute Gasteiger partial charge is 0.382 e. The minimum absolute atomic E-state index is 0. The van der Waals surface area contributed by atoms with Crippen LogP contribution in [-0.4, -0.2) is 39.3 Å². The number of rotatable bonds is 9. The van der Waals surface area contributed by atoms with Crippen molar-refractivity contribution in [2.75, 3.05) is 33.4 Å². The van der Waals surface area contributed by atoms with Crippen molar-refractivity contribution in [1.82, 2.24) is 10.6 Å². The van der Waals surface area contributed by atoms with Gasteiger partial charge in [0, 0.05) is 43.8 Å². The van der Waals surface area contributed by atoms with Gasteiger partial charge in [-0.1, -0.05) is 37.6 Å². The number of halogens is 2. The van der Waals surface area contributed by atoms with E-state index in [9.17, 15) is 0 Å². The van der Waals surface area contributed by atoms with Crippen LogP contribution in [-0.2, 0) is 10.2 Å². The number of benzene rings is 1. The van der Waals surface area contributed by atoms with Gasteiger partial charge in [0.2, 0.25) is 0 Å². The molecule has 0 aliphatic heterocycles. The first kappa shape index (κ1) is 23.5. The summed E-state index contributed by atoms with van der Waals surface area (Å²) < 4.78 is 5.33. The molecule has 0 aliphatic carbocycles. The fraction of sp³-hybridized carbons (Fsp3) is 0.611. The van der Waals surface area contributed by atoms with Crippen LogP contribution >= 0.6 is 35.6 Å². The number of nitrogens with one attached hydrogen (secondary N) is 2. The summed E-state index contributed by atoms with van der Waals surface area (Å²) in [5, 5.41) is 7.50. The molecule has 6 heteroatoms. The van der Waals surface area contributed by atoms with Gasteiger partial charge in [-0.05, 0) is 37.5 Å². The number of hydrogen-bond donors (Lipinski definition) is 2. The standard InChI is InChI=1S/C18H30ClN3O.HI/c1-5-23-12-7-6-11-21-17(20-4)22-14-18(2,3)15-9-8-10-16(19)13-15;/h8-10,13H,5-7,11-12,14H2,1-4H3,(H2,20,21,22);1H.